The maximum absolute atomic E-state index is 12.9. The fourth-order valence-corrected chi connectivity index (χ4v) is 4.70. The SMILES string of the molecule is O=C(CCCCn1ccnc1)c1ccc2nc(-c3ccccc3)c(-c3ccc4c(c3)CCO4)nc2c1. The molecule has 1 aliphatic heterocycles. The fraction of sp³-hybridized carbons (Fsp3) is 0.200. The lowest BCUT2D eigenvalue weighted by molar-refractivity contribution is 0.0979. The van der Waals surface area contributed by atoms with E-state index < -0.39 is 0 Å². The van der Waals surface area contributed by atoms with E-state index in [0.717, 1.165) is 65.1 Å². The Bertz CT molecular complexity index is 1530. The first-order valence-electron chi connectivity index (χ1n) is 12.4. The minimum absolute atomic E-state index is 0.132. The molecule has 6 rings (SSSR count). The second-order valence-corrected chi connectivity index (χ2v) is 9.09. The molecular formula is C30H26N4O2. The Hall–Kier alpha value is -4.32. The molecule has 6 heteroatoms. The number of unbranched alkanes of at least 4 members (excludes halogenated alkanes) is 1. The van der Waals surface area contributed by atoms with Crippen LogP contribution >= 0.6 is 0 Å². The highest BCUT2D eigenvalue weighted by Gasteiger charge is 2.18. The van der Waals surface area contributed by atoms with Gasteiger partial charge in [-0.15, -0.1) is 0 Å². The number of hydrogen-bond acceptors (Lipinski definition) is 5. The molecule has 36 heavy (non-hydrogen) atoms. The van der Waals surface area contributed by atoms with Crippen LogP contribution in [0.3, 0.4) is 0 Å². The predicted octanol–water partition coefficient (Wildman–Crippen LogP) is 6.15. The molecule has 0 bridgehead atoms. The van der Waals surface area contributed by atoms with Crippen LogP contribution in [0.1, 0.15) is 35.2 Å². The second-order valence-electron chi connectivity index (χ2n) is 9.09. The van der Waals surface area contributed by atoms with Gasteiger partial charge >= 0.3 is 0 Å². The molecule has 6 nitrogen and oxygen atoms in total. The van der Waals surface area contributed by atoms with E-state index >= 15 is 0 Å². The maximum Gasteiger partial charge on any atom is 0.162 e. The lowest BCUT2D eigenvalue weighted by atomic mass is 10.00. The first-order valence-corrected chi connectivity index (χ1v) is 12.4. The number of rotatable bonds is 8. The van der Waals surface area contributed by atoms with Gasteiger partial charge in [-0.3, -0.25) is 4.79 Å². The summed E-state index contributed by atoms with van der Waals surface area (Å²) in [5, 5.41) is 0. The van der Waals surface area contributed by atoms with Gasteiger partial charge in [0.1, 0.15) is 5.75 Å². The summed E-state index contributed by atoms with van der Waals surface area (Å²) in [5.41, 5.74) is 7.03. The van der Waals surface area contributed by atoms with Crippen molar-refractivity contribution in [3.8, 4) is 28.3 Å². The number of nitrogens with zero attached hydrogens (tertiary/aromatic N) is 4. The van der Waals surface area contributed by atoms with Crippen LogP contribution in [0.2, 0.25) is 0 Å². The van der Waals surface area contributed by atoms with E-state index in [9.17, 15) is 4.79 Å². The van der Waals surface area contributed by atoms with E-state index in [1.807, 2.05) is 59.3 Å². The number of carbonyl (C=O) groups excluding carboxylic acids is 1. The molecule has 0 atom stereocenters. The Kier molecular flexibility index (Phi) is 6.00. The third-order valence-electron chi connectivity index (χ3n) is 6.63. The van der Waals surface area contributed by atoms with Gasteiger partial charge in [0.2, 0.25) is 0 Å². The molecule has 0 spiro atoms. The van der Waals surface area contributed by atoms with Gasteiger partial charge in [0.15, 0.2) is 5.78 Å². The molecule has 0 saturated carbocycles. The van der Waals surface area contributed by atoms with Crippen molar-refractivity contribution in [3.63, 3.8) is 0 Å². The molecule has 1 aliphatic rings. The van der Waals surface area contributed by atoms with E-state index in [2.05, 4.69) is 23.2 Å². The van der Waals surface area contributed by atoms with Gasteiger partial charge in [-0.2, -0.15) is 0 Å². The van der Waals surface area contributed by atoms with Crippen molar-refractivity contribution in [3.05, 3.63) is 96.6 Å². The van der Waals surface area contributed by atoms with Crippen LogP contribution < -0.4 is 4.74 Å². The lowest BCUT2D eigenvalue weighted by Gasteiger charge is -2.12. The van der Waals surface area contributed by atoms with Crippen molar-refractivity contribution < 1.29 is 9.53 Å². The van der Waals surface area contributed by atoms with Crippen molar-refractivity contribution >= 4 is 16.8 Å². The molecule has 5 aromatic rings. The summed E-state index contributed by atoms with van der Waals surface area (Å²) in [5.74, 6) is 1.07. The van der Waals surface area contributed by atoms with Gasteiger partial charge in [-0.05, 0) is 54.8 Å². The highest BCUT2D eigenvalue weighted by Crippen LogP contribution is 2.35. The Morgan fingerprint density at radius 3 is 2.61 bits per heavy atom. The number of imidazole rings is 1. The summed E-state index contributed by atoms with van der Waals surface area (Å²) in [4.78, 5) is 27.1. The molecule has 0 saturated heterocycles. The number of fused-ring (bicyclic) bond motifs is 2. The number of ketones is 1. The summed E-state index contributed by atoms with van der Waals surface area (Å²) >= 11 is 0. The Balaban J connectivity index is 1.32. The van der Waals surface area contributed by atoms with Gasteiger partial charge in [0.05, 0.1) is 35.4 Å². The van der Waals surface area contributed by atoms with Crippen LogP contribution in [0.25, 0.3) is 33.5 Å². The molecule has 3 aromatic carbocycles. The molecule has 3 heterocycles. The quantitative estimate of drug-likeness (QED) is 0.199. The molecule has 178 valence electrons. The standard InChI is InChI=1S/C30H26N4O2/c35-27(8-4-5-15-34-16-14-31-20-34)22-9-11-25-26(19-22)33-30(29(32-25)21-6-2-1-3-7-21)24-10-12-28-23(18-24)13-17-36-28/h1-3,6-7,9-12,14,16,18-20H,4-5,8,13,15,17H2. The zero-order valence-electron chi connectivity index (χ0n) is 19.9. The average Bonchev–Trinajstić information content (AvgIpc) is 3.62. The number of ether oxygens (including phenoxy) is 1. The fourth-order valence-electron chi connectivity index (χ4n) is 4.70. The molecular weight excluding hydrogens is 448 g/mol. The Morgan fingerprint density at radius 2 is 1.75 bits per heavy atom. The van der Waals surface area contributed by atoms with Gasteiger partial charge in [0.25, 0.3) is 0 Å². The number of aryl methyl sites for hydroxylation is 1. The van der Waals surface area contributed by atoms with Crippen LogP contribution in [0.5, 0.6) is 5.75 Å². The van der Waals surface area contributed by atoms with Crippen LogP contribution in [0.4, 0.5) is 0 Å². The minimum atomic E-state index is 0.132. The van der Waals surface area contributed by atoms with Crippen LogP contribution in [0.15, 0.2) is 85.5 Å². The van der Waals surface area contributed by atoms with E-state index in [1.165, 1.54) is 5.56 Å². The molecule has 2 aromatic heterocycles. The highest BCUT2D eigenvalue weighted by molar-refractivity contribution is 5.99. The molecule has 0 unspecified atom stereocenters. The molecule has 0 radical (unpaired) electrons. The summed E-state index contributed by atoms with van der Waals surface area (Å²) in [6.45, 7) is 1.58. The van der Waals surface area contributed by atoms with E-state index in [4.69, 9.17) is 14.7 Å². The van der Waals surface area contributed by atoms with Gasteiger partial charge in [0, 0.05) is 48.5 Å². The predicted molar refractivity (Wildman–Crippen MR) is 140 cm³/mol. The molecule has 0 N–H and O–H groups in total. The summed E-state index contributed by atoms with van der Waals surface area (Å²) < 4.78 is 7.73. The van der Waals surface area contributed by atoms with Crippen molar-refractivity contribution in [1.29, 1.82) is 0 Å². The normalized spacial score (nSPS) is 12.4. The maximum atomic E-state index is 12.9. The van der Waals surface area contributed by atoms with Crippen LogP contribution in [-0.4, -0.2) is 31.9 Å². The van der Waals surface area contributed by atoms with E-state index in [1.54, 1.807) is 12.5 Å². The number of carbonyl (C=O) groups is 1. The first kappa shape index (κ1) is 22.2. The number of benzene rings is 3. The topological polar surface area (TPSA) is 69.9 Å². The molecule has 0 aliphatic carbocycles. The largest absolute Gasteiger partial charge is 0.493 e. The second kappa shape index (κ2) is 9.74. The average molecular weight is 475 g/mol. The van der Waals surface area contributed by atoms with Crippen molar-refractivity contribution in [2.45, 2.75) is 32.2 Å². The molecule has 0 fully saturated rings. The smallest absolute Gasteiger partial charge is 0.162 e. The van der Waals surface area contributed by atoms with Crippen molar-refractivity contribution in [2.75, 3.05) is 6.61 Å². The number of aromatic nitrogens is 4. The summed E-state index contributed by atoms with van der Waals surface area (Å²) in [7, 11) is 0. The van der Waals surface area contributed by atoms with Gasteiger partial charge < -0.3 is 9.30 Å². The summed E-state index contributed by atoms with van der Waals surface area (Å²) in [6.07, 6.45) is 8.68. The Morgan fingerprint density at radius 1 is 0.889 bits per heavy atom. The number of hydrogen-bond donors (Lipinski definition) is 0. The zero-order chi connectivity index (χ0) is 24.3. The monoisotopic (exact) mass is 474 g/mol. The van der Waals surface area contributed by atoms with Crippen molar-refractivity contribution in [1.82, 2.24) is 19.5 Å². The van der Waals surface area contributed by atoms with Crippen molar-refractivity contribution in [2.24, 2.45) is 0 Å². The lowest BCUT2D eigenvalue weighted by Crippen LogP contribution is -2.02. The minimum Gasteiger partial charge on any atom is -0.493 e. The van der Waals surface area contributed by atoms with E-state index in [-0.39, 0.29) is 5.78 Å². The van der Waals surface area contributed by atoms with Crippen LogP contribution in [0, 0.1) is 0 Å². The van der Waals surface area contributed by atoms with Crippen LogP contribution in [-0.2, 0) is 13.0 Å². The molecule has 0 amide bonds. The first-order chi connectivity index (χ1) is 17.7. The Labute approximate surface area is 209 Å². The third kappa shape index (κ3) is 4.50. The van der Waals surface area contributed by atoms with E-state index in [0.29, 0.717) is 18.6 Å². The zero-order valence-corrected chi connectivity index (χ0v) is 19.9. The van der Waals surface area contributed by atoms with Gasteiger partial charge in [-0.25, -0.2) is 15.0 Å². The third-order valence-corrected chi connectivity index (χ3v) is 6.63. The number of Topliss-reactive ketones (excluding diaryl/α,β-unsaturated/α-hetero) is 1. The summed E-state index contributed by atoms with van der Waals surface area (Å²) in [6, 6.07) is 22.0. The van der Waals surface area contributed by atoms with Gasteiger partial charge in [-0.1, -0.05) is 30.3 Å². The highest BCUT2D eigenvalue weighted by atomic mass is 16.5.